The van der Waals surface area contributed by atoms with Crippen molar-refractivity contribution in [3.05, 3.63) is 41.9 Å². The smallest absolute Gasteiger partial charge is 0.363 e. The quantitative estimate of drug-likeness (QED) is 0.866. The maximum absolute atomic E-state index is 13.3. The average molecular weight is 310 g/mol. The summed E-state index contributed by atoms with van der Waals surface area (Å²) in [5.41, 5.74) is 0.793. The summed E-state index contributed by atoms with van der Waals surface area (Å²) in [7, 11) is 0. The molecule has 22 heavy (non-hydrogen) atoms. The van der Waals surface area contributed by atoms with Crippen LogP contribution in [0.25, 0.3) is 0 Å². The maximum atomic E-state index is 13.3. The fourth-order valence-electron chi connectivity index (χ4n) is 2.62. The highest BCUT2D eigenvalue weighted by molar-refractivity contribution is 5.98. The summed E-state index contributed by atoms with van der Waals surface area (Å²) in [5.74, 6) is -0.226. The molecule has 1 N–H and O–H groups in total. The fourth-order valence-corrected chi connectivity index (χ4v) is 2.62. The van der Waals surface area contributed by atoms with Gasteiger partial charge in [0.25, 0.3) is 0 Å². The molecule has 2 unspecified atom stereocenters. The van der Waals surface area contributed by atoms with Gasteiger partial charge < -0.3 is 5.32 Å². The van der Waals surface area contributed by atoms with Crippen LogP contribution >= 0.6 is 0 Å². The molecule has 3 heterocycles. The van der Waals surface area contributed by atoms with Crippen molar-refractivity contribution < 1.29 is 18.0 Å². The second kappa shape index (κ2) is 5.11. The van der Waals surface area contributed by atoms with E-state index in [4.69, 9.17) is 0 Å². The van der Waals surface area contributed by atoms with Crippen molar-refractivity contribution >= 4 is 11.6 Å². The molecule has 0 spiro atoms. The third-order valence-electron chi connectivity index (χ3n) is 3.70. The van der Waals surface area contributed by atoms with Crippen molar-refractivity contribution in [2.75, 3.05) is 5.32 Å². The molecule has 1 aliphatic heterocycles. The van der Waals surface area contributed by atoms with Gasteiger partial charge >= 0.3 is 6.18 Å². The standard InChI is InChI=1S/C14H13F3N4O/c1-8(22)10-7-19-21-12(14(15,16)17)5-11(20-13(10)21)9-3-2-4-18-6-9/h2-4,6-7,11-12,20H,5H2,1H3. The van der Waals surface area contributed by atoms with Crippen molar-refractivity contribution in [1.82, 2.24) is 14.8 Å². The van der Waals surface area contributed by atoms with E-state index in [1.807, 2.05) is 0 Å². The van der Waals surface area contributed by atoms with E-state index in [9.17, 15) is 18.0 Å². The van der Waals surface area contributed by atoms with Gasteiger partial charge in [-0.1, -0.05) is 6.07 Å². The molecular formula is C14H13F3N4O. The van der Waals surface area contributed by atoms with Crippen molar-refractivity contribution in [2.45, 2.75) is 31.6 Å². The van der Waals surface area contributed by atoms with Crippen molar-refractivity contribution in [1.29, 1.82) is 0 Å². The lowest BCUT2D eigenvalue weighted by molar-refractivity contribution is -0.173. The Labute approximate surface area is 124 Å². The minimum absolute atomic E-state index is 0.106. The zero-order valence-electron chi connectivity index (χ0n) is 11.6. The van der Waals surface area contributed by atoms with Crippen LogP contribution in [-0.4, -0.2) is 26.7 Å². The summed E-state index contributed by atoms with van der Waals surface area (Å²) in [6.45, 7) is 1.30. The lowest BCUT2D eigenvalue weighted by Crippen LogP contribution is -2.36. The van der Waals surface area contributed by atoms with Gasteiger partial charge in [0.15, 0.2) is 11.8 Å². The third kappa shape index (κ3) is 2.44. The number of halogens is 3. The predicted octanol–water partition coefficient (Wildman–Crippen LogP) is 3.14. The number of Topliss-reactive ketones (excluding diaryl/α,β-unsaturated/α-hetero) is 1. The number of nitrogens with one attached hydrogen (secondary N) is 1. The Bertz CT molecular complexity index is 696. The van der Waals surface area contributed by atoms with Gasteiger partial charge in [0, 0.05) is 18.8 Å². The van der Waals surface area contributed by atoms with Crippen LogP contribution in [0.15, 0.2) is 30.7 Å². The van der Waals surface area contributed by atoms with Gasteiger partial charge in [-0.15, -0.1) is 0 Å². The Kier molecular flexibility index (Phi) is 3.38. The molecule has 0 fully saturated rings. The van der Waals surface area contributed by atoms with Gasteiger partial charge in [0.05, 0.1) is 17.8 Å². The van der Waals surface area contributed by atoms with E-state index in [0.717, 1.165) is 4.68 Å². The first-order valence-corrected chi connectivity index (χ1v) is 6.69. The molecule has 3 rings (SSSR count). The highest BCUT2D eigenvalue weighted by atomic mass is 19.4. The summed E-state index contributed by atoms with van der Waals surface area (Å²) < 4.78 is 40.8. The molecule has 2 aromatic heterocycles. The fraction of sp³-hybridized carbons (Fsp3) is 0.357. The third-order valence-corrected chi connectivity index (χ3v) is 3.70. The summed E-state index contributed by atoms with van der Waals surface area (Å²) in [6, 6.07) is 1.01. The number of aromatic nitrogens is 3. The van der Waals surface area contributed by atoms with Crippen LogP contribution in [0, 0.1) is 0 Å². The Morgan fingerprint density at radius 3 is 2.77 bits per heavy atom. The zero-order valence-corrected chi connectivity index (χ0v) is 11.6. The highest BCUT2D eigenvalue weighted by Gasteiger charge is 2.47. The summed E-state index contributed by atoms with van der Waals surface area (Å²) in [4.78, 5) is 15.5. The number of pyridine rings is 1. The van der Waals surface area contributed by atoms with Crippen LogP contribution in [0.3, 0.4) is 0 Å². The zero-order chi connectivity index (χ0) is 15.9. The molecule has 2 atom stereocenters. The number of fused-ring (bicyclic) bond motifs is 1. The Morgan fingerprint density at radius 2 is 2.18 bits per heavy atom. The van der Waals surface area contributed by atoms with Crippen molar-refractivity contribution in [2.24, 2.45) is 0 Å². The number of carbonyl (C=O) groups excluding carboxylic acids is 1. The van der Waals surface area contributed by atoms with Gasteiger partial charge in [0.1, 0.15) is 5.82 Å². The number of carbonyl (C=O) groups is 1. The van der Waals surface area contributed by atoms with Gasteiger partial charge in [-0.05, 0) is 18.6 Å². The first kappa shape index (κ1) is 14.6. The number of nitrogens with zero attached hydrogens (tertiary/aromatic N) is 3. The van der Waals surface area contributed by atoms with Crippen LogP contribution in [0.5, 0.6) is 0 Å². The monoisotopic (exact) mass is 310 g/mol. The van der Waals surface area contributed by atoms with Crippen LogP contribution in [0.1, 0.15) is 41.3 Å². The van der Waals surface area contributed by atoms with E-state index in [1.54, 1.807) is 18.3 Å². The Hall–Kier alpha value is -2.38. The molecule has 0 saturated heterocycles. The number of hydrogen-bond acceptors (Lipinski definition) is 4. The normalized spacial score (nSPS) is 21.1. The first-order chi connectivity index (χ1) is 10.4. The molecule has 5 nitrogen and oxygen atoms in total. The second-order valence-corrected chi connectivity index (χ2v) is 5.18. The minimum Gasteiger partial charge on any atom is -0.363 e. The molecule has 1 aliphatic rings. The summed E-state index contributed by atoms with van der Waals surface area (Å²) >= 11 is 0. The Morgan fingerprint density at radius 1 is 1.41 bits per heavy atom. The van der Waals surface area contributed by atoms with E-state index < -0.39 is 18.3 Å². The molecule has 0 amide bonds. The molecule has 2 aromatic rings. The van der Waals surface area contributed by atoms with E-state index in [2.05, 4.69) is 15.4 Å². The van der Waals surface area contributed by atoms with Crippen LogP contribution in [-0.2, 0) is 0 Å². The SMILES string of the molecule is CC(=O)c1cnn2c1NC(c1cccnc1)CC2C(F)(F)F. The van der Waals surface area contributed by atoms with E-state index in [-0.39, 0.29) is 23.6 Å². The van der Waals surface area contributed by atoms with Crippen LogP contribution in [0.4, 0.5) is 19.0 Å². The van der Waals surface area contributed by atoms with Crippen molar-refractivity contribution in [3.8, 4) is 0 Å². The molecule has 0 radical (unpaired) electrons. The summed E-state index contributed by atoms with van der Waals surface area (Å²) in [6.07, 6.45) is -0.406. The molecule has 0 bridgehead atoms. The average Bonchev–Trinajstić information content (AvgIpc) is 2.90. The van der Waals surface area contributed by atoms with Crippen molar-refractivity contribution in [3.63, 3.8) is 0 Å². The van der Waals surface area contributed by atoms with E-state index >= 15 is 0 Å². The largest absolute Gasteiger partial charge is 0.410 e. The highest BCUT2D eigenvalue weighted by Crippen LogP contribution is 2.44. The minimum atomic E-state index is -4.45. The maximum Gasteiger partial charge on any atom is 0.410 e. The van der Waals surface area contributed by atoms with Gasteiger partial charge in [-0.25, -0.2) is 4.68 Å². The molecular weight excluding hydrogens is 297 g/mol. The molecule has 8 heteroatoms. The number of alkyl halides is 3. The topological polar surface area (TPSA) is 59.8 Å². The van der Waals surface area contributed by atoms with Gasteiger partial charge in [-0.2, -0.15) is 18.3 Å². The van der Waals surface area contributed by atoms with E-state index in [1.165, 1.54) is 19.3 Å². The van der Waals surface area contributed by atoms with Gasteiger partial charge in [-0.3, -0.25) is 9.78 Å². The molecule has 116 valence electrons. The summed E-state index contributed by atoms with van der Waals surface area (Å²) in [5, 5.41) is 6.74. The number of rotatable bonds is 2. The molecule has 0 saturated carbocycles. The van der Waals surface area contributed by atoms with E-state index in [0.29, 0.717) is 5.56 Å². The number of anilines is 1. The van der Waals surface area contributed by atoms with Crippen LogP contribution in [0.2, 0.25) is 0 Å². The number of hydrogen-bond donors (Lipinski definition) is 1. The lowest BCUT2D eigenvalue weighted by atomic mass is 9.97. The second-order valence-electron chi connectivity index (χ2n) is 5.18. The predicted molar refractivity (Wildman–Crippen MR) is 72.5 cm³/mol. The Balaban J connectivity index is 2.07. The number of ketones is 1. The molecule has 0 aromatic carbocycles. The lowest BCUT2D eigenvalue weighted by Gasteiger charge is -2.33. The van der Waals surface area contributed by atoms with Crippen LogP contribution < -0.4 is 5.32 Å². The molecule has 0 aliphatic carbocycles. The first-order valence-electron chi connectivity index (χ1n) is 6.69. The van der Waals surface area contributed by atoms with Gasteiger partial charge in [0.2, 0.25) is 0 Å².